The van der Waals surface area contributed by atoms with Crippen LogP contribution in [0.2, 0.25) is 0 Å². The molecular weight excluding hydrogens is 302 g/mol. The first-order valence-electron chi connectivity index (χ1n) is 9.08. The molecule has 1 aromatic heterocycles. The van der Waals surface area contributed by atoms with E-state index in [1.165, 1.54) is 38.6 Å². The van der Waals surface area contributed by atoms with Gasteiger partial charge in [-0.25, -0.2) is 0 Å². The summed E-state index contributed by atoms with van der Waals surface area (Å²) in [4.78, 5) is 4.72. The maximum absolute atomic E-state index is 4.72. The van der Waals surface area contributed by atoms with Crippen molar-refractivity contribution in [2.75, 3.05) is 0 Å². The molecule has 0 N–H and O–H groups in total. The topological polar surface area (TPSA) is 12.9 Å². The summed E-state index contributed by atoms with van der Waals surface area (Å²) in [5.41, 5.74) is 8.55. The summed E-state index contributed by atoms with van der Waals surface area (Å²) in [6.07, 6.45) is 3.05. The Bertz CT molecular complexity index is 929. The van der Waals surface area contributed by atoms with Crippen molar-refractivity contribution in [1.29, 1.82) is 0 Å². The number of hydrogen-bond donors (Lipinski definition) is 0. The molecule has 0 aliphatic rings. The number of fused-ring (bicyclic) bond motifs is 1. The van der Waals surface area contributed by atoms with Gasteiger partial charge in [-0.05, 0) is 73.9 Å². The Labute approximate surface area is 151 Å². The van der Waals surface area contributed by atoms with E-state index in [4.69, 9.17) is 4.98 Å². The molecule has 0 radical (unpaired) electrons. The van der Waals surface area contributed by atoms with E-state index >= 15 is 0 Å². The predicted molar refractivity (Wildman–Crippen MR) is 110 cm³/mol. The molecule has 0 bridgehead atoms. The van der Waals surface area contributed by atoms with E-state index in [-0.39, 0.29) is 0 Å². The highest BCUT2D eigenvalue weighted by atomic mass is 14.7. The molecule has 0 saturated carbocycles. The van der Waals surface area contributed by atoms with E-state index in [0.29, 0.717) is 5.92 Å². The molecule has 0 saturated heterocycles. The number of allylic oxidation sites excluding steroid dienone is 1. The fraction of sp³-hybridized carbons (Fsp3) is 0.292. The standard InChI is InChI=1S/C24H27N/c1-7-18(6)22-13-19-8-9-25-24(23(19)14-21(22)15(2)3)20-11-16(4)10-17(5)12-20/h8-14,18H,2,7H2,1,3-6H3. The van der Waals surface area contributed by atoms with Gasteiger partial charge in [0.2, 0.25) is 0 Å². The summed E-state index contributed by atoms with van der Waals surface area (Å²) in [5.74, 6) is 0.522. The number of pyridine rings is 1. The Morgan fingerprint density at radius 1 is 1.08 bits per heavy atom. The molecule has 1 heterocycles. The molecule has 0 fully saturated rings. The fourth-order valence-corrected chi connectivity index (χ4v) is 3.58. The van der Waals surface area contributed by atoms with E-state index in [9.17, 15) is 0 Å². The second kappa shape index (κ2) is 6.84. The zero-order valence-electron chi connectivity index (χ0n) is 16.0. The lowest BCUT2D eigenvalue weighted by molar-refractivity contribution is 0.732. The Hall–Kier alpha value is -2.41. The van der Waals surface area contributed by atoms with E-state index in [1.807, 2.05) is 6.20 Å². The predicted octanol–water partition coefficient (Wildman–Crippen LogP) is 7.07. The first-order chi connectivity index (χ1) is 11.9. The lowest BCUT2D eigenvalue weighted by atomic mass is 9.87. The number of benzene rings is 2. The quantitative estimate of drug-likeness (QED) is 0.499. The zero-order valence-corrected chi connectivity index (χ0v) is 16.0. The molecule has 1 nitrogen and oxygen atoms in total. The zero-order chi connectivity index (χ0) is 18.1. The van der Waals surface area contributed by atoms with Crippen LogP contribution >= 0.6 is 0 Å². The molecule has 3 aromatic rings. The monoisotopic (exact) mass is 329 g/mol. The molecule has 3 rings (SSSR count). The van der Waals surface area contributed by atoms with Crippen molar-refractivity contribution >= 4 is 16.3 Å². The number of hydrogen-bond acceptors (Lipinski definition) is 1. The minimum atomic E-state index is 0.522. The second-order valence-electron chi connectivity index (χ2n) is 7.29. The molecule has 0 amide bonds. The van der Waals surface area contributed by atoms with Gasteiger partial charge in [0, 0.05) is 17.1 Å². The van der Waals surface area contributed by atoms with Crippen LogP contribution in [0.3, 0.4) is 0 Å². The van der Waals surface area contributed by atoms with Gasteiger partial charge >= 0.3 is 0 Å². The number of aryl methyl sites for hydroxylation is 2. The number of nitrogens with zero attached hydrogens (tertiary/aromatic N) is 1. The van der Waals surface area contributed by atoms with Crippen LogP contribution < -0.4 is 0 Å². The Morgan fingerprint density at radius 2 is 1.76 bits per heavy atom. The first-order valence-corrected chi connectivity index (χ1v) is 9.08. The molecule has 0 spiro atoms. The summed E-state index contributed by atoms with van der Waals surface area (Å²) >= 11 is 0. The molecule has 0 aliphatic heterocycles. The maximum atomic E-state index is 4.72. The fourth-order valence-electron chi connectivity index (χ4n) is 3.58. The lowest BCUT2D eigenvalue weighted by Gasteiger charge is -2.18. The SMILES string of the molecule is C=C(C)c1cc2c(-c3cc(C)cc(C)c3)nccc2cc1C(C)CC. The van der Waals surface area contributed by atoms with Gasteiger partial charge in [0.05, 0.1) is 5.69 Å². The molecule has 25 heavy (non-hydrogen) atoms. The first kappa shape index (κ1) is 17.4. The van der Waals surface area contributed by atoms with Crippen molar-refractivity contribution < 1.29 is 0 Å². The van der Waals surface area contributed by atoms with Gasteiger partial charge in [-0.3, -0.25) is 4.98 Å². The third-order valence-corrected chi connectivity index (χ3v) is 5.03. The maximum Gasteiger partial charge on any atom is 0.0780 e. The highest BCUT2D eigenvalue weighted by Gasteiger charge is 2.14. The minimum absolute atomic E-state index is 0.522. The molecule has 1 unspecified atom stereocenters. The molecule has 2 aromatic carbocycles. The van der Waals surface area contributed by atoms with Crippen LogP contribution in [0.5, 0.6) is 0 Å². The summed E-state index contributed by atoms with van der Waals surface area (Å²) in [6.45, 7) is 15.1. The lowest BCUT2D eigenvalue weighted by Crippen LogP contribution is -1.98. The average Bonchev–Trinajstić information content (AvgIpc) is 2.58. The van der Waals surface area contributed by atoms with Crippen molar-refractivity contribution in [2.45, 2.75) is 47.0 Å². The number of aromatic nitrogens is 1. The van der Waals surface area contributed by atoms with Gasteiger partial charge in [0.25, 0.3) is 0 Å². The largest absolute Gasteiger partial charge is 0.256 e. The van der Waals surface area contributed by atoms with Crippen LogP contribution in [0.4, 0.5) is 0 Å². The smallest absolute Gasteiger partial charge is 0.0780 e. The van der Waals surface area contributed by atoms with Gasteiger partial charge in [-0.1, -0.05) is 49.3 Å². The van der Waals surface area contributed by atoms with Crippen molar-refractivity contribution in [1.82, 2.24) is 4.98 Å². The minimum Gasteiger partial charge on any atom is -0.256 e. The normalized spacial score (nSPS) is 12.4. The van der Waals surface area contributed by atoms with Crippen molar-refractivity contribution in [3.05, 3.63) is 71.4 Å². The van der Waals surface area contributed by atoms with Crippen LogP contribution in [-0.4, -0.2) is 4.98 Å². The van der Waals surface area contributed by atoms with E-state index in [0.717, 1.165) is 17.7 Å². The Kier molecular flexibility index (Phi) is 4.76. The molecular formula is C24H27N. The summed E-state index contributed by atoms with van der Waals surface area (Å²) in [5, 5.41) is 2.46. The molecule has 0 aliphatic carbocycles. The van der Waals surface area contributed by atoms with Gasteiger partial charge in [-0.2, -0.15) is 0 Å². The Balaban J connectivity index is 2.32. The van der Waals surface area contributed by atoms with E-state index < -0.39 is 0 Å². The summed E-state index contributed by atoms with van der Waals surface area (Å²) < 4.78 is 0. The van der Waals surface area contributed by atoms with Gasteiger partial charge in [0.15, 0.2) is 0 Å². The Morgan fingerprint density at radius 3 is 2.36 bits per heavy atom. The third-order valence-electron chi connectivity index (χ3n) is 5.03. The third kappa shape index (κ3) is 3.37. The highest BCUT2D eigenvalue weighted by Crippen LogP contribution is 2.35. The average molecular weight is 329 g/mol. The molecule has 128 valence electrons. The van der Waals surface area contributed by atoms with Gasteiger partial charge in [-0.15, -0.1) is 0 Å². The van der Waals surface area contributed by atoms with Crippen LogP contribution in [0.1, 0.15) is 55.4 Å². The van der Waals surface area contributed by atoms with E-state index in [1.54, 1.807) is 0 Å². The van der Waals surface area contributed by atoms with Crippen LogP contribution in [0.25, 0.3) is 27.6 Å². The summed E-state index contributed by atoms with van der Waals surface area (Å²) in [7, 11) is 0. The van der Waals surface area contributed by atoms with Gasteiger partial charge < -0.3 is 0 Å². The van der Waals surface area contributed by atoms with Crippen LogP contribution in [-0.2, 0) is 0 Å². The van der Waals surface area contributed by atoms with Crippen molar-refractivity contribution in [3.8, 4) is 11.3 Å². The second-order valence-corrected chi connectivity index (χ2v) is 7.29. The van der Waals surface area contributed by atoms with Gasteiger partial charge in [0.1, 0.15) is 0 Å². The van der Waals surface area contributed by atoms with Crippen LogP contribution in [0.15, 0.2) is 49.2 Å². The summed E-state index contributed by atoms with van der Waals surface area (Å²) in [6, 6.07) is 13.4. The van der Waals surface area contributed by atoms with Crippen molar-refractivity contribution in [3.63, 3.8) is 0 Å². The van der Waals surface area contributed by atoms with Crippen molar-refractivity contribution in [2.24, 2.45) is 0 Å². The highest BCUT2D eigenvalue weighted by molar-refractivity contribution is 5.97. The molecule has 1 atom stereocenters. The molecule has 1 heteroatoms. The van der Waals surface area contributed by atoms with E-state index in [2.05, 4.69) is 77.6 Å². The number of rotatable bonds is 4. The van der Waals surface area contributed by atoms with Crippen LogP contribution in [0, 0.1) is 13.8 Å².